The number of benzene rings is 1. The van der Waals surface area contributed by atoms with Crippen LogP contribution in [-0.2, 0) is 7.05 Å². The lowest BCUT2D eigenvalue weighted by atomic mass is 10.1. The highest BCUT2D eigenvalue weighted by Crippen LogP contribution is 2.33. The summed E-state index contributed by atoms with van der Waals surface area (Å²) >= 11 is 0. The summed E-state index contributed by atoms with van der Waals surface area (Å²) in [5.41, 5.74) is 2.04. The standard InChI is InChI=1S/C14H17FN2O2/c1-8-14(9(2)17(4)16-8)19-13-6-5-11(15)7-12(13)10(3)18/h5-7,10,18H,1-4H3/t10-/m1/s1. The van der Waals surface area contributed by atoms with Crippen LogP contribution in [-0.4, -0.2) is 14.9 Å². The zero-order valence-corrected chi connectivity index (χ0v) is 11.4. The molecular weight excluding hydrogens is 247 g/mol. The van der Waals surface area contributed by atoms with Gasteiger partial charge in [0.2, 0.25) is 0 Å². The van der Waals surface area contributed by atoms with Gasteiger partial charge in [-0.15, -0.1) is 0 Å². The van der Waals surface area contributed by atoms with Gasteiger partial charge in [0.15, 0.2) is 5.75 Å². The summed E-state index contributed by atoms with van der Waals surface area (Å²) in [5.74, 6) is 0.675. The molecule has 102 valence electrons. The Morgan fingerprint density at radius 1 is 1.37 bits per heavy atom. The van der Waals surface area contributed by atoms with Crippen molar-refractivity contribution < 1.29 is 14.2 Å². The molecular formula is C14H17FN2O2. The average Bonchev–Trinajstić information content (AvgIpc) is 2.57. The number of rotatable bonds is 3. The molecule has 0 fully saturated rings. The third kappa shape index (κ3) is 2.61. The first-order chi connectivity index (χ1) is 8.90. The van der Waals surface area contributed by atoms with Gasteiger partial charge in [-0.2, -0.15) is 5.10 Å². The summed E-state index contributed by atoms with van der Waals surface area (Å²) in [5, 5.41) is 13.9. The lowest BCUT2D eigenvalue weighted by Gasteiger charge is -2.13. The molecule has 1 aromatic carbocycles. The topological polar surface area (TPSA) is 47.3 Å². The van der Waals surface area contributed by atoms with E-state index in [1.807, 2.05) is 20.9 Å². The fraction of sp³-hybridized carbons (Fsp3) is 0.357. The van der Waals surface area contributed by atoms with Crippen molar-refractivity contribution in [1.82, 2.24) is 9.78 Å². The number of nitrogens with zero attached hydrogens (tertiary/aromatic N) is 2. The maximum absolute atomic E-state index is 13.2. The Morgan fingerprint density at radius 2 is 2.05 bits per heavy atom. The van der Waals surface area contributed by atoms with Gasteiger partial charge in [-0.1, -0.05) is 0 Å². The van der Waals surface area contributed by atoms with Crippen LogP contribution in [0.15, 0.2) is 18.2 Å². The number of aryl methyl sites for hydroxylation is 2. The molecule has 19 heavy (non-hydrogen) atoms. The molecule has 5 heteroatoms. The summed E-state index contributed by atoms with van der Waals surface area (Å²) in [6, 6.07) is 4.10. The highest BCUT2D eigenvalue weighted by atomic mass is 19.1. The highest BCUT2D eigenvalue weighted by Gasteiger charge is 2.16. The van der Waals surface area contributed by atoms with E-state index >= 15 is 0 Å². The molecule has 1 aromatic heterocycles. The van der Waals surface area contributed by atoms with E-state index in [9.17, 15) is 9.50 Å². The third-order valence-electron chi connectivity index (χ3n) is 3.08. The second-order valence-corrected chi connectivity index (χ2v) is 4.58. The van der Waals surface area contributed by atoms with Crippen LogP contribution in [0.2, 0.25) is 0 Å². The molecule has 0 aliphatic rings. The Balaban J connectivity index is 2.43. The van der Waals surface area contributed by atoms with Gasteiger partial charge in [-0.25, -0.2) is 4.39 Å². The van der Waals surface area contributed by atoms with Crippen LogP contribution in [0.3, 0.4) is 0 Å². The summed E-state index contributed by atoms with van der Waals surface area (Å²) in [6.07, 6.45) is -0.803. The van der Waals surface area contributed by atoms with Gasteiger partial charge in [0.25, 0.3) is 0 Å². The van der Waals surface area contributed by atoms with Crippen LogP contribution in [0.4, 0.5) is 4.39 Å². The van der Waals surface area contributed by atoms with Gasteiger partial charge < -0.3 is 9.84 Å². The number of hydrogen-bond acceptors (Lipinski definition) is 3. The molecule has 0 aliphatic heterocycles. The van der Waals surface area contributed by atoms with Crippen LogP contribution >= 0.6 is 0 Å². The lowest BCUT2D eigenvalue weighted by molar-refractivity contribution is 0.195. The van der Waals surface area contributed by atoms with E-state index in [1.54, 1.807) is 11.6 Å². The molecule has 0 amide bonds. The molecule has 1 heterocycles. The van der Waals surface area contributed by atoms with Crippen molar-refractivity contribution in [1.29, 1.82) is 0 Å². The molecule has 0 unspecified atom stereocenters. The van der Waals surface area contributed by atoms with Crippen molar-refractivity contribution in [2.24, 2.45) is 7.05 Å². The molecule has 0 bridgehead atoms. The smallest absolute Gasteiger partial charge is 0.171 e. The van der Waals surface area contributed by atoms with Crippen molar-refractivity contribution in [3.05, 3.63) is 41.0 Å². The molecule has 1 atom stereocenters. The molecule has 0 radical (unpaired) electrons. The van der Waals surface area contributed by atoms with E-state index in [-0.39, 0.29) is 0 Å². The molecule has 2 rings (SSSR count). The minimum atomic E-state index is -0.803. The molecule has 0 saturated heterocycles. The van der Waals surface area contributed by atoms with Gasteiger partial charge in [0, 0.05) is 12.6 Å². The zero-order chi connectivity index (χ0) is 14.2. The zero-order valence-electron chi connectivity index (χ0n) is 11.4. The predicted molar refractivity (Wildman–Crippen MR) is 69.8 cm³/mol. The Kier molecular flexibility index (Phi) is 3.57. The van der Waals surface area contributed by atoms with Gasteiger partial charge in [-0.3, -0.25) is 4.68 Å². The summed E-state index contributed by atoms with van der Waals surface area (Å²) < 4.78 is 20.7. The monoisotopic (exact) mass is 264 g/mol. The van der Waals surface area contributed by atoms with Gasteiger partial charge in [-0.05, 0) is 39.0 Å². The third-order valence-corrected chi connectivity index (χ3v) is 3.08. The van der Waals surface area contributed by atoms with E-state index < -0.39 is 11.9 Å². The summed E-state index contributed by atoms with van der Waals surface area (Å²) in [7, 11) is 1.83. The number of aromatic nitrogens is 2. The maximum Gasteiger partial charge on any atom is 0.171 e. The van der Waals surface area contributed by atoms with Crippen LogP contribution in [0.25, 0.3) is 0 Å². The van der Waals surface area contributed by atoms with Gasteiger partial charge in [0.1, 0.15) is 17.3 Å². The Hall–Kier alpha value is -1.88. The Bertz CT molecular complexity index is 606. The van der Waals surface area contributed by atoms with Crippen LogP contribution in [0, 0.1) is 19.7 Å². The fourth-order valence-electron chi connectivity index (χ4n) is 1.95. The largest absolute Gasteiger partial charge is 0.453 e. The van der Waals surface area contributed by atoms with Crippen LogP contribution in [0.1, 0.15) is 30.0 Å². The number of hydrogen-bond donors (Lipinski definition) is 1. The van der Waals surface area contributed by atoms with Crippen molar-refractivity contribution in [3.8, 4) is 11.5 Å². The highest BCUT2D eigenvalue weighted by molar-refractivity contribution is 5.42. The van der Waals surface area contributed by atoms with E-state index in [4.69, 9.17) is 4.74 Å². The number of aliphatic hydroxyl groups is 1. The molecule has 2 aromatic rings. The van der Waals surface area contributed by atoms with E-state index in [1.165, 1.54) is 18.2 Å². The van der Waals surface area contributed by atoms with Gasteiger partial charge in [0.05, 0.1) is 11.8 Å². The first-order valence-electron chi connectivity index (χ1n) is 6.05. The SMILES string of the molecule is Cc1nn(C)c(C)c1Oc1ccc(F)cc1[C@@H](C)O. The summed E-state index contributed by atoms with van der Waals surface area (Å²) in [4.78, 5) is 0. The lowest BCUT2D eigenvalue weighted by Crippen LogP contribution is -1.98. The number of halogens is 1. The summed E-state index contributed by atoms with van der Waals surface area (Å²) in [6.45, 7) is 5.30. The van der Waals surface area contributed by atoms with E-state index in [0.717, 1.165) is 11.4 Å². The second kappa shape index (κ2) is 5.01. The van der Waals surface area contributed by atoms with Crippen molar-refractivity contribution >= 4 is 0 Å². The number of ether oxygens (including phenoxy) is 1. The average molecular weight is 264 g/mol. The molecule has 0 spiro atoms. The maximum atomic E-state index is 13.2. The van der Waals surface area contributed by atoms with Crippen molar-refractivity contribution in [3.63, 3.8) is 0 Å². The van der Waals surface area contributed by atoms with Crippen LogP contribution < -0.4 is 4.74 Å². The molecule has 0 aliphatic carbocycles. The minimum absolute atomic E-state index is 0.400. The number of aliphatic hydroxyl groups excluding tert-OH is 1. The first kappa shape index (κ1) is 13.5. The second-order valence-electron chi connectivity index (χ2n) is 4.58. The Morgan fingerprint density at radius 3 is 2.58 bits per heavy atom. The first-order valence-corrected chi connectivity index (χ1v) is 6.05. The van der Waals surface area contributed by atoms with E-state index in [0.29, 0.717) is 17.1 Å². The van der Waals surface area contributed by atoms with Crippen LogP contribution in [0.5, 0.6) is 11.5 Å². The fourth-order valence-corrected chi connectivity index (χ4v) is 1.95. The Labute approximate surface area is 111 Å². The van der Waals surface area contributed by atoms with E-state index in [2.05, 4.69) is 5.10 Å². The van der Waals surface area contributed by atoms with Gasteiger partial charge >= 0.3 is 0 Å². The normalized spacial score (nSPS) is 12.5. The quantitative estimate of drug-likeness (QED) is 0.927. The van der Waals surface area contributed by atoms with Crippen molar-refractivity contribution in [2.75, 3.05) is 0 Å². The van der Waals surface area contributed by atoms with Crippen molar-refractivity contribution in [2.45, 2.75) is 26.9 Å². The molecule has 1 N–H and O–H groups in total. The predicted octanol–water partition coefficient (Wildman–Crippen LogP) is 3.02. The minimum Gasteiger partial charge on any atom is -0.453 e. The molecule has 4 nitrogen and oxygen atoms in total. The molecule has 0 saturated carbocycles.